The average molecular weight is 241 g/mol. The van der Waals surface area contributed by atoms with Gasteiger partial charge in [0.15, 0.2) is 0 Å². The number of hydrogen-bond acceptors (Lipinski definition) is 3. The highest BCUT2D eigenvalue weighted by Gasteiger charge is 2.30. The number of rotatable bonds is 6. The molecule has 0 aromatic carbocycles. The minimum absolute atomic E-state index is 0.135. The maximum Gasteiger partial charge on any atom is 0.323 e. The van der Waals surface area contributed by atoms with Crippen molar-refractivity contribution in [2.45, 2.75) is 45.2 Å². The van der Waals surface area contributed by atoms with Crippen LogP contribution in [-0.4, -0.2) is 16.6 Å². The zero-order valence-electron chi connectivity index (χ0n) is 9.99. The van der Waals surface area contributed by atoms with Crippen LogP contribution in [0.2, 0.25) is 0 Å². The van der Waals surface area contributed by atoms with Crippen LogP contribution in [0.5, 0.6) is 0 Å². The van der Waals surface area contributed by atoms with Crippen molar-refractivity contribution in [3.63, 3.8) is 0 Å². The monoisotopic (exact) mass is 241 g/mol. The number of carboxylic acids is 1. The van der Waals surface area contributed by atoms with E-state index in [4.69, 9.17) is 5.11 Å². The number of carboxylic acid groups (broad SMARTS) is 1. The van der Waals surface area contributed by atoms with E-state index in [2.05, 4.69) is 18.3 Å². The molecule has 90 valence electrons. The first kappa shape index (κ1) is 13.2. The Labute approximate surface area is 100 Å². The topological polar surface area (TPSA) is 49.3 Å². The van der Waals surface area contributed by atoms with Gasteiger partial charge in [-0.1, -0.05) is 19.4 Å². The molecule has 1 aromatic heterocycles. The number of thiophene rings is 1. The molecule has 0 fully saturated rings. The fraction of sp³-hybridized carbons (Fsp3) is 0.583. The van der Waals surface area contributed by atoms with Gasteiger partial charge < -0.3 is 5.11 Å². The molecule has 0 aliphatic rings. The lowest BCUT2D eigenvalue weighted by Gasteiger charge is -2.27. The second-order valence-corrected chi connectivity index (χ2v) is 5.41. The number of carbonyl (C=O) groups is 1. The second kappa shape index (κ2) is 5.46. The van der Waals surface area contributed by atoms with Crippen LogP contribution in [0, 0.1) is 0 Å². The zero-order valence-corrected chi connectivity index (χ0v) is 10.8. The molecule has 0 aliphatic carbocycles. The highest BCUT2D eigenvalue weighted by Crippen LogP contribution is 2.25. The zero-order chi connectivity index (χ0) is 12.2. The fourth-order valence-corrected chi connectivity index (χ4v) is 2.37. The maximum atomic E-state index is 11.1. The molecule has 0 spiro atoms. The van der Waals surface area contributed by atoms with E-state index < -0.39 is 11.5 Å². The molecule has 1 rings (SSSR count). The first-order chi connectivity index (χ1) is 7.47. The third kappa shape index (κ3) is 3.32. The van der Waals surface area contributed by atoms with Crippen molar-refractivity contribution in [3.05, 3.63) is 22.4 Å². The highest BCUT2D eigenvalue weighted by molar-refractivity contribution is 7.10. The van der Waals surface area contributed by atoms with Gasteiger partial charge in [0.05, 0.1) is 0 Å². The second-order valence-electron chi connectivity index (χ2n) is 4.43. The van der Waals surface area contributed by atoms with Crippen molar-refractivity contribution in [2.75, 3.05) is 0 Å². The Morgan fingerprint density at radius 3 is 2.75 bits per heavy atom. The van der Waals surface area contributed by atoms with E-state index in [-0.39, 0.29) is 6.04 Å². The van der Waals surface area contributed by atoms with Crippen molar-refractivity contribution in [2.24, 2.45) is 0 Å². The summed E-state index contributed by atoms with van der Waals surface area (Å²) in [6.07, 6.45) is 1.99. The average Bonchev–Trinajstić information content (AvgIpc) is 2.69. The summed E-state index contributed by atoms with van der Waals surface area (Å²) >= 11 is 1.67. The summed E-state index contributed by atoms with van der Waals surface area (Å²) in [6, 6.07) is 4.18. The molecule has 1 heterocycles. The van der Waals surface area contributed by atoms with Gasteiger partial charge in [-0.3, -0.25) is 10.1 Å². The van der Waals surface area contributed by atoms with Crippen LogP contribution in [-0.2, 0) is 4.79 Å². The number of hydrogen-bond donors (Lipinski definition) is 2. The van der Waals surface area contributed by atoms with Gasteiger partial charge in [-0.05, 0) is 31.7 Å². The lowest BCUT2D eigenvalue weighted by molar-refractivity contribution is -0.143. The van der Waals surface area contributed by atoms with Gasteiger partial charge in [0.1, 0.15) is 5.54 Å². The first-order valence-electron chi connectivity index (χ1n) is 5.52. The molecule has 4 heteroatoms. The molecule has 1 aromatic rings. The van der Waals surface area contributed by atoms with E-state index >= 15 is 0 Å². The van der Waals surface area contributed by atoms with Crippen molar-refractivity contribution in [3.8, 4) is 0 Å². The van der Waals surface area contributed by atoms with E-state index in [0.29, 0.717) is 0 Å². The summed E-state index contributed by atoms with van der Waals surface area (Å²) in [6.45, 7) is 5.51. The summed E-state index contributed by atoms with van der Waals surface area (Å²) in [5.74, 6) is -0.815. The van der Waals surface area contributed by atoms with E-state index in [9.17, 15) is 4.79 Å². The molecule has 0 radical (unpaired) electrons. The SMILES string of the molecule is CCCC(NC(C)(C)C(=O)O)c1cccs1. The smallest absolute Gasteiger partial charge is 0.323 e. The molecule has 16 heavy (non-hydrogen) atoms. The van der Waals surface area contributed by atoms with Crippen LogP contribution in [0.4, 0.5) is 0 Å². The molecule has 0 aliphatic heterocycles. The summed E-state index contributed by atoms with van der Waals surface area (Å²) in [7, 11) is 0. The summed E-state index contributed by atoms with van der Waals surface area (Å²) in [5, 5.41) is 14.3. The Kier molecular flexibility index (Phi) is 4.50. The normalized spacial score (nSPS) is 13.7. The Morgan fingerprint density at radius 2 is 2.31 bits per heavy atom. The van der Waals surface area contributed by atoms with Gasteiger partial charge in [-0.15, -0.1) is 11.3 Å². The number of aliphatic carboxylic acids is 1. The minimum atomic E-state index is -0.885. The Hall–Kier alpha value is -0.870. The fourth-order valence-electron chi connectivity index (χ4n) is 1.56. The van der Waals surface area contributed by atoms with Crippen LogP contribution in [0.15, 0.2) is 17.5 Å². The Balaban J connectivity index is 2.76. The van der Waals surface area contributed by atoms with Crippen molar-refractivity contribution in [1.29, 1.82) is 0 Å². The van der Waals surface area contributed by atoms with Gasteiger partial charge >= 0.3 is 5.97 Å². The molecular formula is C12H19NO2S. The van der Waals surface area contributed by atoms with E-state index in [1.54, 1.807) is 25.2 Å². The third-order valence-corrected chi connectivity index (χ3v) is 3.52. The highest BCUT2D eigenvalue weighted by atomic mass is 32.1. The lowest BCUT2D eigenvalue weighted by atomic mass is 10.0. The maximum absolute atomic E-state index is 11.1. The van der Waals surface area contributed by atoms with E-state index in [1.807, 2.05) is 11.4 Å². The molecule has 3 nitrogen and oxygen atoms in total. The van der Waals surface area contributed by atoms with E-state index in [1.165, 1.54) is 4.88 Å². The predicted octanol–water partition coefficient (Wildman–Crippen LogP) is 3.04. The van der Waals surface area contributed by atoms with E-state index in [0.717, 1.165) is 12.8 Å². The van der Waals surface area contributed by atoms with Crippen molar-refractivity contribution >= 4 is 17.3 Å². The van der Waals surface area contributed by atoms with Gasteiger partial charge in [0, 0.05) is 10.9 Å². The predicted molar refractivity (Wildman–Crippen MR) is 66.8 cm³/mol. The molecule has 2 N–H and O–H groups in total. The van der Waals surface area contributed by atoms with Crippen LogP contribution in [0.1, 0.15) is 44.5 Å². The van der Waals surface area contributed by atoms with Crippen LogP contribution < -0.4 is 5.32 Å². The Morgan fingerprint density at radius 1 is 1.62 bits per heavy atom. The van der Waals surface area contributed by atoms with Crippen molar-refractivity contribution < 1.29 is 9.90 Å². The van der Waals surface area contributed by atoms with Gasteiger partial charge in [0.2, 0.25) is 0 Å². The summed E-state index contributed by atoms with van der Waals surface area (Å²) in [5.41, 5.74) is -0.885. The molecule has 0 saturated heterocycles. The van der Waals surface area contributed by atoms with Gasteiger partial charge in [-0.2, -0.15) is 0 Å². The van der Waals surface area contributed by atoms with Crippen LogP contribution in [0.3, 0.4) is 0 Å². The molecule has 0 saturated carbocycles. The standard InChI is InChI=1S/C12H19NO2S/c1-4-6-9(10-7-5-8-16-10)13-12(2,3)11(14)15/h5,7-9,13H,4,6H2,1-3H3,(H,14,15). The summed E-state index contributed by atoms with van der Waals surface area (Å²) < 4.78 is 0. The molecule has 0 bridgehead atoms. The number of nitrogens with one attached hydrogen (secondary N) is 1. The Bertz CT molecular complexity index is 333. The largest absolute Gasteiger partial charge is 0.480 e. The molecular weight excluding hydrogens is 222 g/mol. The van der Waals surface area contributed by atoms with Crippen LogP contribution >= 0.6 is 11.3 Å². The quantitative estimate of drug-likeness (QED) is 0.804. The van der Waals surface area contributed by atoms with Gasteiger partial charge in [0.25, 0.3) is 0 Å². The lowest BCUT2D eigenvalue weighted by Crippen LogP contribution is -2.48. The third-order valence-electron chi connectivity index (χ3n) is 2.53. The molecule has 1 unspecified atom stereocenters. The minimum Gasteiger partial charge on any atom is -0.480 e. The first-order valence-corrected chi connectivity index (χ1v) is 6.40. The van der Waals surface area contributed by atoms with Gasteiger partial charge in [-0.25, -0.2) is 0 Å². The molecule has 1 atom stereocenters. The molecule has 0 amide bonds. The van der Waals surface area contributed by atoms with Crippen molar-refractivity contribution in [1.82, 2.24) is 5.32 Å². The summed E-state index contributed by atoms with van der Waals surface area (Å²) in [4.78, 5) is 12.3. The van der Waals surface area contributed by atoms with Crippen LogP contribution in [0.25, 0.3) is 0 Å².